The first-order valence-electron chi connectivity index (χ1n) is 7.20. The zero-order valence-corrected chi connectivity index (χ0v) is 13.5. The molecule has 1 N–H and O–H groups in total. The highest BCUT2D eigenvalue weighted by Gasteiger charge is 2.20. The average molecular weight is 310 g/mol. The second kappa shape index (κ2) is 6.44. The smallest absolute Gasteiger partial charge is 0.279 e. The summed E-state index contributed by atoms with van der Waals surface area (Å²) in [6.07, 6.45) is 0. The predicted molar refractivity (Wildman–Crippen MR) is 89.1 cm³/mol. The number of rotatable bonds is 3. The Bertz CT molecular complexity index is 856. The van der Waals surface area contributed by atoms with E-state index in [1.807, 2.05) is 19.1 Å². The normalized spacial score (nSPS) is 11.1. The van der Waals surface area contributed by atoms with Crippen LogP contribution in [0.1, 0.15) is 31.0 Å². The van der Waals surface area contributed by atoms with E-state index in [0.717, 1.165) is 10.1 Å². The van der Waals surface area contributed by atoms with Crippen molar-refractivity contribution < 1.29 is 5.11 Å². The Morgan fingerprint density at radius 2 is 1.78 bits per heavy atom. The van der Waals surface area contributed by atoms with Gasteiger partial charge >= 0.3 is 0 Å². The van der Waals surface area contributed by atoms with Crippen LogP contribution in [-0.4, -0.2) is 9.67 Å². The lowest BCUT2D eigenvalue weighted by molar-refractivity contribution is 0.391. The van der Waals surface area contributed by atoms with E-state index in [1.165, 1.54) is 0 Å². The van der Waals surface area contributed by atoms with Crippen molar-refractivity contribution in [3.05, 3.63) is 57.2 Å². The van der Waals surface area contributed by atoms with Crippen molar-refractivity contribution in [2.45, 2.75) is 33.7 Å². The van der Waals surface area contributed by atoms with Crippen molar-refractivity contribution in [1.29, 1.82) is 0 Å². The van der Waals surface area contributed by atoms with Crippen LogP contribution in [0.2, 0.25) is 0 Å². The van der Waals surface area contributed by atoms with Gasteiger partial charge in [-0.1, -0.05) is 17.7 Å². The van der Waals surface area contributed by atoms with Gasteiger partial charge in [0.2, 0.25) is 5.69 Å². The minimum atomic E-state index is -0.460. The van der Waals surface area contributed by atoms with Crippen molar-refractivity contribution in [2.24, 2.45) is 10.2 Å². The fourth-order valence-corrected chi connectivity index (χ4v) is 2.21. The molecule has 1 aromatic heterocycles. The van der Waals surface area contributed by atoms with E-state index in [9.17, 15) is 9.90 Å². The maximum absolute atomic E-state index is 12.5. The molecule has 0 saturated heterocycles. The summed E-state index contributed by atoms with van der Waals surface area (Å²) in [4.78, 5) is 15.9. The van der Waals surface area contributed by atoms with Crippen LogP contribution in [0, 0.1) is 20.4 Å². The van der Waals surface area contributed by atoms with Crippen molar-refractivity contribution >= 4 is 17.1 Å². The molecule has 6 nitrogen and oxygen atoms in total. The number of nitrogens with zero attached hydrogens (tertiary/aromatic N) is 4. The molecular formula is C17H18N4O2. The molecule has 0 fully saturated rings. The Morgan fingerprint density at radius 3 is 2.30 bits per heavy atom. The van der Waals surface area contributed by atoms with Crippen LogP contribution in [0.25, 0.3) is 4.85 Å². The molecule has 118 valence electrons. The molecule has 0 radical (unpaired) electrons. The van der Waals surface area contributed by atoms with Crippen LogP contribution in [0.3, 0.4) is 0 Å². The standard InChI is InChI=1S/C17H18N4O2/c1-10(2)21-16(22)14(18-5)12(4)15(17(21)23)20-19-13-8-6-11(3)7-9-13/h6-10,22H,1-4H3. The van der Waals surface area contributed by atoms with Crippen LogP contribution < -0.4 is 5.56 Å². The number of aromatic nitrogens is 1. The number of azo groups is 1. The Hall–Kier alpha value is -2.94. The molecule has 0 spiro atoms. The lowest BCUT2D eigenvalue weighted by Crippen LogP contribution is -2.22. The number of aromatic hydroxyl groups is 1. The van der Waals surface area contributed by atoms with Crippen LogP contribution >= 0.6 is 0 Å². The van der Waals surface area contributed by atoms with Gasteiger partial charge in [0.05, 0.1) is 12.3 Å². The van der Waals surface area contributed by atoms with E-state index < -0.39 is 5.56 Å². The minimum Gasteiger partial charge on any atom is -0.503 e. The molecule has 0 aliphatic heterocycles. The minimum absolute atomic E-state index is 0.0242. The Labute approximate surface area is 134 Å². The summed E-state index contributed by atoms with van der Waals surface area (Å²) in [6.45, 7) is 14.3. The third kappa shape index (κ3) is 3.14. The zero-order chi connectivity index (χ0) is 17.1. The number of pyridine rings is 1. The molecule has 23 heavy (non-hydrogen) atoms. The van der Waals surface area contributed by atoms with Crippen LogP contribution in [0.15, 0.2) is 39.3 Å². The van der Waals surface area contributed by atoms with Gasteiger partial charge < -0.3 is 5.11 Å². The molecule has 0 aliphatic carbocycles. The number of benzene rings is 1. The summed E-state index contributed by atoms with van der Waals surface area (Å²) in [6, 6.07) is 7.10. The number of hydrogen-bond acceptors (Lipinski definition) is 4. The van der Waals surface area contributed by atoms with Crippen LogP contribution in [0.5, 0.6) is 5.88 Å². The highest BCUT2D eigenvalue weighted by molar-refractivity contribution is 5.67. The first-order chi connectivity index (χ1) is 10.9. The summed E-state index contributed by atoms with van der Waals surface area (Å²) in [5.74, 6) is -0.327. The summed E-state index contributed by atoms with van der Waals surface area (Å²) in [5, 5.41) is 18.2. The summed E-state index contributed by atoms with van der Waals surface area (Å²) in [7, 11) is 0. The first kappa shape index (κ1) is 16.4. The molecule has 0 atom stereocenters. The lowest BCUT2D eigenvalue weighted by atomic mass is 10.2. The topological polar surface area (TPSA) is 71.3 Å². The van der Waals surface area contributed by atoms with Gasteiger partial charge in [-0.3, -0.25) is 9.36 Å². The quantitative estimate of drug-likeness (QED) is 0.658. The van der Waals surface area contributed by atoms with Gasteiger partial charge in [-0.05, 0) is 45.4 Å². The van der Waals surface area contributed by atoms with Gasteiger partial charge in [-0.15, -0.1) is 5.11 Å². The molecule has 1 aromatic carbocycles. The van der Waals surface area contributed by atoms with E-state index in [2.05, 4.69) is 15.1 Å². The van der Waals surface area contributed by atoms with Crippen LogP contribution in [-0.2, 0) is 0 Å². The summed E-state index contributed by atoms with van der Waals surface area (Å²) >= 11 is 0. The second-order valence-electron chi connectivity index (χ2n) is 5.56. The Morgan fingerprint density at radius 1 is 1.17 bits per heavy atom. The number of hydrogen-bond donors (Lipinski definition) is 1. The van der Waals surface area contributed by atoms with Gasteiger partial charge in [0.25, 0.3) is 5.56 Å². The van der Waals surface area contributed by atoms with Gasteiger partial charge in [0, 0.05) is 6.04 Å². The van der Waals surface area contributed by atoms with Gasteiger partial charge in [-0.25, -0.2) is 4.85 Å². The molecule has 0 unspecified atom stereocenters. The van der Waals surface area contributed by atoms with Crippen molar-refractivity contribution in [2.75, 3.05) is 0 Å². The third-order valence-corrected chi connectivity index (χ3v) is 3.50. The zero-order valence-electron chi connectivity index (χ0n) is 13.5. The molecule has 0 bridgehead atoms. The maximum atomic E-state index is 12.5. The molecule has 2 aromatic rings. The largest absolute Gasteiger partial charge is 0.503 e. The summed E-state index contributed by atoms with van der Waals surface area (Å²) < 4.78 is 1.16. The summed E-state index contributed by atoms with van der Waals surface area (Å²) in [5.41, 5.74) is 1.68. The molecule has 6 heteroatoms. The fourth-order valence-electron chi connectivity index (χ4n) is 2.21. The molecule has 0 aliphatic rings. The van der Waals surface area contributed by atoms with E-state index in [-0.39, 0.29) is 23.3 Å². The molecule has 0 saturated carbocycles. The van der Waals surface area contributed by atoms with Gasteiger partial charge in [0.15, 0.2) is 5.88 Å². The Kier molecular flexibility index (Phi) is 4.60. The highest BCUT2D eigenvalue weighted by atomic mass is 16.3. The predicted octanol–water partition coefficient (Wildman–Crippen LogP) is 4.72. The van der Waals surface area contributed by atoms with E-state index in [0.29, 0.717) is 11.3 Å². The monoisotopic (exact) mass is 310 g/mol. The molecule has 1 heterocycles. The van der Waals surface area contributed by atoms with E-state index in [4.69, 9.17) is 6.57 Å². The van der Waals surface area contributed by atoms with Crippen molar-refractivity contribution in [3.8, 4) is 5.88 Å². The highest BCUT2D eigenvalue weighted by Crippen LogP contribution is 2.35. The third-order valence-electron chi connectivity index (χ3n) is 3.50. The van der Waals surface area contributed by atoms with Gasteiger partial charge in [-0.2, -0.15) is 5.11 Å². The van der Waals surface area contributed by atoms with Crippen LogP contribution in [0.4, 0.5) is 17.1 Å². The lowest BCUT2D eigenvalue weighted by Gasteiger charge is -2.16. The second-order valence-corrected chi connectivity index (χ2v) is 5.56. The van der Waals surface area contributed by atoms with E-state index in [1.54, 1.807) is 32.9 Å². The molecule has 0 amide bonds. The van der Waals surface area contributed by atoms with Crippen molar-refractivity contribution in [3.63, 3.8) is 0 Å². The Balaban J connectivity index is 2.63. The van der Waals surface area contributed by atoms with Gasteiger partial charge in [0.1, 0.15) is 5.69 Å². The molecular weight excluding hydrogens is 292 g/mol. The van der Waals surface area contributed by atoms with Crippen molar-refractivity contribution in [1.82, 2.24) is 4.57 Å². The fraction of sp³-hybridized carbons (Fsp3) is 0.294. The SMILES string of the molecule is [C-]#[N+]c1c(C)c(N=Nc2ccc(C)cc2)c(=O)n(C(C)C)c1O. The van der Waals surface area contributed by atoms with E-state index >= 15 is 0 Å². The first-order valence-corrected chi connectivity index (χ1v) is 7.20. The maximum Gasteiger partial charge on any atom is 0.279 e. The molecule has 2 rings (SSSR count). The average Bonchev–Trinajstić information content (AvgIpc) is 2.49. The number of aryl methyl sites for hydroxylation is 1.